The molecule has 1 heterocycles. The molecule has 1 aliphatic heterocycles. The summed E-state index contributed by atoms with van der Waals surface area (Å²) in [6, 6.07) is 8.01. The molecule has 1 saturated heterocycles. The van der Waals surface area contributed by atoms with Gasteiger partial charge >= 0.3 is 0 Å². The topological polar surface area (TPSA) is 48.9 Å². The van der Waals surface area contributed by atoms with E-state index in [1.165, 1.54) is 38.9 Å². The highest BCUT2D eigenvalue weighted by atomic mass is 127. The SMILES string of the molecule is CCCN1CCC(NC(=NCCOc2ccccc2Cl)NCC)CC1.I. The van der Waals surface area contributed by atoms with Crippen molar-refractivity contribution in [3.05, 3.63) is 29.3 Å². The molecule has 0 saturated carbocycles. The second-order valence-corrected chi connectivity index (χ2v) is 6.71. The van der Waals surface area contributed by atoms with Gasteiger partial charge in [-0.2, -0.15) is 0 Å². The second kappa shape index (κ2) is 13.4. The van der Waals surface area contributed by atoms with Crippen molar-refractivity contribution < 1.29 is 4.74 Å². The van der Waals surface area contributed by atoms with E-state index < -0.39 is 0 Å². The van der Waals surface area contributed by atoms with E-state index in [0.717, 1.165) is 12.5 Å². The zero-order valence-electron chi connectivity index (χ0n) is 15.8. The van der Waals surface area contributed by atoms with Gasteiger partial charge in [0.1, 0.15) is 12.4 Å². The van der Waals surface area contributed by atoms with Crippen LogP contribution in [-0.2, 0) is 0 Å². The third kappa shape index (κ3) is 8.31. The zero-order chi connectivity index (χ0) is 17.9. The first-order valence-electron chi connectivity index (χ1n) is 9.37. The molecule has 2 rings (SSSR count). The van der Waals surface area contributed by atoms with E-state index in [2.05, 4.69) is 34.4 Å². The smallest absolute Gasteiger partial charge is 0.191 e. The summed E-state index contributed by atoms with van der Waals surface area (Å²) in [7, 11) is 0. The van der Waals surface area contributed by atoms with Crippen LogP contribution in [0.1, 0.15) is 33.1 Å². The minimum atomic E-state index is 0. The molecule has 1 aromatic carbocycles. The quantitative estimate of drug-likeness (QED) is 0.250. The predicted octanol–water partition coefficient (Wildman–Crippen LogP) is 3.77. The van der Waals surface area contributed by atoms with Crippen molar-refractivity contribution in [3.8, 4) is 5.75 Å². The highest BCUT2D eigenvalue weighted by Gasteiger charge is 2.19. The molecule has 2 N–H and O–H groups in total. The molecule has 0 radical (unpaired) electrons. The molecule has 0 aromatic heterocycles. The first-order chi connectivity index (χ1) is 12.2. The third-order valence-corrected chi connectivity index (χ3v) is 4.58. The first kappa shape index (κ1) is 23.3. The third-order valence-electron chi connectivity index (χ3n) is 4.27. The second-order valence-electron chi connectivity index (χ2n) is 6.30. The van der Waals surface area contributed by atoms with Crippen LogP contribution in [0.2, 0.25) is 5.02 Å². The molecule has 26 heavy (non-hydrogen) atoms. The predicted molar refractivity (Wildman–Crippen MR) is 121 cm³/mol. The standard InChI is InChI=1S/C19H31ClN4O.HI/c1-3-12-24-13-9-16(10-14-24)23-19(21-4-2)22-11-15-25-18-8-6-5-7-17(18)20;/h5-8,16H,3-4,9-15H2,1-2H3,(H2,21,22,23);1H. The Morgan fingerprint density at radius 2 is 2.00 bits per heavy atom. The molecule has 0 bridgehead atoms. The van der Waals surface area contributed by atoms with Crippen LogP contribution in [0.25, 0.3) is 0 Å². The summed E-state index contributed by atoms with van der Waals surface area (Å²) in [5.41, 5.74) is 0. The van der Waals surface area contributed by atoms with E-state index >= 15 is 0 Å². The van der Waals surface area contributed by atoms with E-state index in [4.69, 9.17) is 16.3 Å². The van der Waals surface area contributed by atoms with Gasteiger partial charge in [0.15, 0.2) is 5.96 Å². The fraction of sp³-hybridized carbons (Fsp3) is 0.632. The first-order valence-corrected chi connectivity index (χ1v) is 9.75. The van der Waals surface area contributed by atoms with Crippen LogP contribution in [0.3, 0.4) is 0 Å². The zero-order valence-corrected chi connectivity index (χ0v) is 18.9. The van der Waals surface area contributed by atoms with E-state index in [1.807, 2.05) is 24.3 Å². The summed E-state index contributed by atoms with van der Waals surface area (Å²) in [4.78, 5) is 7.16. The monoisotopic (exact) mass is 494 g/mol. The normalized spacial score (nSPS) is 16.0. The van der Waals surface area contributed by atoms with E-state index in [1.54, 1.807) is 0 Å². The Morgan fingerprint density at radius 1 is 1.27 bits per heavy atom. The number of nitrogens with one attached hydrogen (secondary N) is 2. The minimum absolute atomic E-state index is 0. The molecular formula is C19H32ClIN4O. The number of hydrogen-bond acceptors (Lipinski definition) is 3. The van der Waals surface area contributed by atoms with Crippen molar-refractivity contribution >= 4 is 41.5 Å². The maximum Gasteiger partial charge on any atom is 0.191 e. The fourth-order valence-electron chi connectivity index (χ4n) is 3.01. The number of rotatable bonds is 8. The van der Waals surface area contributed by atoms with Gasteiger partial charge in [-0.25, -0.2) is 4.99 Å². The summed E-state index contributed by atoms with van der Waals surface area (Å²) >= 11 is 6.09. The maximum atomic E-state index is 6.09. The maximum absolute atomic E-state index is 6.09. The van der Waals surface area contributed by atoms with Gasteiger partial charge in [0.2, 0.25) is 0 Å². The van der Waals surface area contributed by atoms with Crippen LogP contribution in [0.4, 0.5) is 0 Å². The Balaban J connectivity index is 0.00000338. The molecule has 0 spiro atoms. The highest BCUT2D eigenvalue weighted by molar-refractivity contribution is 14.0. The molecule has 0 aliphatic carbocycles. The van der Waals surface area contributed by atoms with Crippen molar-refractivity contribution in [1.82, 2.24) is 15.5 Å². The van der Waals surface area contributed by atoms with Crippen molar-refractivity contribution in [3.63, 3.8) is 0 Å². The van der Waals surface area contributed by atoms with Crippen molar-refractivity contribution in [2.24, 2.45) is 4.99 Å². The van der Waals surface area contributed by atoms with Gasteiger partial charge in [0, 0.05) is 25.7 Å². The fourth-order valence-corrected chi connectivity index (χ4v) is 3.20. The summed E-state index contributed by atoms with van der Waals surface area (Å²) in [5.74, 6) is 1.58. The van der Waals surface area contributed by atoms with Gasteiger partial charge in [0.25, 0.3) is 0 Å². The average Bonchev–Trinajstić information content (AvgIpc) is 2.62. The summed E-state index contributed by atoms with van der Waals surface area (Å²) in [6.07, 6.45) is 3.56. The van der Waals surface area contributed by atoms with Crippen LogP contribution >= 0.6 is 35.6 Å². The van der Waals surface area contributed by atoms with Gasteiger partial charge in [0.05, 0.1) is 11.6 Å². The number of hydrogen-bond donors (Lipinski definition) is 2. The molecule has 1 aromatic rings. The van der Waals surface area contributed by atoms with E-state index in [0.29, 0.717) is 30.0 Å². The number of piperidine rings is 1. The van der Waals surface area contributed by atoms with Crippen molar-refractivity contribution in [2.75, 3.05) is 39.3 Å². The highest BCUT2D eigenvalue weighted by Crippen LogP contribution is 2.22. The minimum Gasteiger partial charge on any atom is -0.490 e. The summed E-state index contributed by atoms with van der Waals surface area (Å²) in [6.45, 7) is 9.82. The number of benzene rings is 1. The molecular weight excluding hydrogens is 463 g/mol. The van der Waals surface area contributed by atoms with Gasteiger partial charge in [-0.3, -0.25) is 0 Å². The lowest BCUT2D eigenvalue weighted by Gasteiger charge is -2.32. The lowest BCUT2D eigenvalue weighted by Crippen LogP contribution is -2.48. The summed E-state index contributed by atoms with van der Waals surface area (Å²) < 4.78 is 5.70. The Hall–Kier alpha value is -0.730. The van der Waals surface area contributed by atoms with Gasteiger partial charge < -0.3 is 20.3 Å². The largest absolute Gasteiger partial charge is 0.490 e. The number of halogens is 2. The molecule has 1 aliphatic rings. The number of ether oxygens (including phenoxy) is 1. The molecule has 148 valence electrons. The van der Waals surface area contributed by atoms with Gasteiger partial charge in [-0.1, -0.05) is 30.7 Å². The van der Waals surface area contributed by atoms with Crippen LogP contribution < -0.4 is 15.4 Å². The Kier molecular flexibility index (Phi) is 12.0. The summed E-state index contributed by atoms with van der Waals surface area (Å²) in [5, 5.41) is 7.51. The van der Waals surface area contributed by atoms with Gasteiger partial charge in [-0.15, -0.1) is 24.0 Å². The Labute approximate surface area is 179 Å². The molecule has 0 unspecified atom stereocenters. The van der Waals surface area contributed by atoms with E-state index in [9.17, 15) is 0 Å². The van der Waals surface area contributed by atoms with Crippen LogP contribution in [0.15, 0.2) is 29.3 Å². The molecule has 0 amide bonds. The van der Waals surface area contributed by atoms with Crippen LogP contribution in [-0.4, -0.2) is 56.2 Å². The Morgan fingerprint density at radius 3 is 2.65 bits per heavy atom. The molecule has 7 heteroatoms. The van der Waals surface area contributed by atoms with Crippen molar-refractivity contribution in [2.45, 2.75) is 39.2 Å². The average molecular weight is 495 g/mol. The number of nitrogens with zero attached hydrogens (tertiary/aromatic N) is 2. The van der Waals surface area contributed by atoms with Crippen molar-refractivity contribution in [1.29, 1.82) is 0 Å². The molecule has 5 nitrogen and oxygen atoms in total. The molecule has 0 atom stereocenters. The molecule has 1 fully saturated rings. The number of guanidine groups is 1. The number of para-hydroxylation sites is 1. The van der Waals surface area contributed by atoms with E-state index in [-0.39, 0.29) is 24.0 Å². The number of aliphatic imine (C=N–C) groups is 1. The Bertz CT molecular complexity index is 536. The lowest BCUT2D eigenvalue weighted by molar-refractivity contribution is 0.206. The van der Waals surface area contributed by atoms with Gasteiger partial charge in [-0.05, 0) is 44.9 Å². The van der Waals surface area contributed by atoms with Crippen LogP contribution in [0, 0.1) is 0 Å². The lowest BCUT2D eigenvalue weighted by atomic mass is 10.1. The van der Waals surface area contributed by atoms with Crippen LogP contribution in [0.5, 0.6) is 5.75 Å². The number of likely N-dealkylation sites (tertiary alicyclic amines) is 1.